The number of thioether (sulfide) groups is 1. The Kier molecular flexibility index (Phi) is 5.09. The van der Waals surface area contributed by atoms with E-state index in [0.717, 1.165) is 17.0 Å². The minimum Gasteiger partial charge on any atom is -0.462 e. The molecule has 3 rings (SSSR count). The molecule has 0 N–H and O–H groups in total. The van der Waals surface area contributed by atoms with Crippen LogP contribution in [0.3, 0.4) is 0 Å². The molecule has 24 heavy (non-hydrogen) atoms. The number of benzene rings is 1. The minimum atomic E-state index is -0.325. The highest BCUT2D eigenvalue weighted by atomic mass is 32.2. The molecule has 1 aromatic carbocycles. The Balaban J connectivity index is 1.89. The van der Waals surface area contributed by atoms with Gasteiger partial charge < -0.3 is 9.64 Å². The lowest BCUT2D eigenvalue weighted by Gasteiger charge is -2.25. The summed E-state index contributed by atoms with van der Waals surface area (Å²) in [6, 6.07) is 9.01. The highest BCUT2D eigenvalue weighted by Gasteiger charge is 2.41. The Labute approximate surface area is 146 Å². The molecule has 2 heterocycles. The number of ketones is 1. The third kappa shape index (κ3) is 3.00. The Morgan fingerprint density at radius 2 is 2.04 bits per heavy atom. The summed E-state index contributed by atoms with van der Waals surface area (Å²) in [5.74, 6) is -0.173. The normalized spacial score (nSPS) is 19.3. The average Bonchev–Trinajstić information content (AvgIpc) is 3.18. The molecule has 0 bridgehead atoms. The van der Waals surface area contributed by atoms with Crippen LogP contribution in [0.5, 0.6) is 0 Å². The number of rotatable bonds is 6. The molecule has 1 atom stereocenters. The molecule has 0 aliphatic carbocycles. The Morgan fingerprint density at radius 1 is 1.29 bits per heavy atom. The smallest absolute Gasteiger partial charge is 0.336 e. The van der Waals surface area contributed by atoms with E-state index in [1.807, 2.05) is 54.5 Å². The van der Waals surface area contributed by atoms with Crippen molar-refractivity contribution in [3.63, 3.8) is 0 Å². The molecular weight excluding hydrogens is 322 g/mol. The highest BCUT2D eigenvalue weighted by Crippen LogP contribution is 2.40. The lowest BCUT2D eigenvalue weighted by atomic mass is 10.0. The van der Waals surface area contributed by atoms with Crippen LogP contribution in [-0.4, -0.2) is 42.1 Å². The predicted octanol–water partition coefficient (Wildman–Crippen LogP) is 3.41. The summed E-state index contributed by atoms with van der Waals surface area (Å²) in [7, 11) is 0. The van der Waals surface area contributed by atoms with Gasteiger partial charge in [0.25, 0.3) is 0 Å². The van der Waals surface area contributed by atoms with Crippen molar-refractivity contribution in [2.24, 2.45) is 0 Å². The van der Waals surface area contributed by atoms with Gasteiger partial charge in [0.15, 0.2) is 5.78 Å². The fourth-order valence-electron chi connectivity index (χ4n) is 3.15. The summed E-state index contributed by atoms with van der Waals surface area (Å²) in [5, 5.41) is 0. The fourth-order valence-corrected chi connectivity index (χ4v) is 3.84. The second-order valence-electron chi connectivity index (χ2n) is 5.83. The maximum absolute atomic E-state index is 13.0. The molecule has 0 saturated heterocycles. The SMILES string of the molecule is CCCOC(=O)C1=C2C=C(SC)C(C(=O)c3ccccc3)N2CC1. The van der Waals surface area contributed by atoms with E-state index in [1.54, 1.807) is 11.8 Å². The van der Waals surface area contributed by atoms with E-state index in [1.165, 1.54) is 0 Å². The van der Waals surface area contributed by atoms with Gasteiger partial charge in [0.05, 0.1) is 12.2 Å². The number of hydrogen-bond acceptors (Lipinski definition) is 5. The Morgan fingerprint density at radius 3 is 2.71 bits per heavy atom. The van der Waals surface area contributed by atoms with E-state index in [-0.39, 0.29) is 17.8 Å². The minimum absolute atomic E-state index is 0.0781. The van der Waals surface area contributed by atoms with Crippen LogP contribution < -0.4 is 0 Å². The number of carbonyl (C=O) groups excluding carboxylic acids is 2. The van der Waals surface area contributed by atoms with Gasteiger partial charge in [-0.25, -0.2) is 4.79 Å². The van der Waals surface area contributed by atoms with E-state index in [0.29, 0.717) is 30.7 Å². The van der Waals surface area contributed by atoms with Crippen LogP contribution in [0.25, 0.3) is 0 Å². The largest absolute Gasteiger partial charge is 0.462 e. The number of hydrogen-bond donors (Lipinski definition) is 0. The zero-order chi connectivity index (χ0) is 17.1. The highest BCUT2D eigenvalue weighted by molar-refractivity contribution is 8.02. The summed E-state index contributed by atoms with van der Waals surface area (Å²) >= 11 is 1.56. The molecule has 0 radical (unpaired) electrons. The van der Waals surface area contributed by atoms with Gasteiger partial charge in [0.1, 0.15) is 6.04 Å². The topological polar surface area (TPSA) is 46.6 Å². The molecule has 0 saturated carbocycles. The average molecular weight is 343 g/mol. The van der Waals surface area contributed by atoms with Crippen molar-refractivity contribution in [1.29, 1.82) is 0 Å². The van der Waals surface area contributed by atoms with Gasteiger partial charge in [0, 0.05) is 22.7 Å². The number of carbonyl (C=O) groups is 2. The molecule has 1 aromatic rings. The molecule has 0 fully saturated rings. The van der Waals surface area contributed by atoms with E-state index >= 15 is 0 Å². The summed E-state index contributed by atoms with van der Waals surface area (Å²) in [6.07, 6.45) is 5.38. The van der Waals surface area contributed by atoms with Gasteiger partial charge in [-0.15, -0.1) is 11.8 Å². The van der Waals surface area contributed by atoms with Gasteiger partial charge in [-0.3, -0.25) is 4.79 Å². The number of nitrogens with zero attached hydrogens (tertiary/aromatic N) is 1. The molecule has 4 nitrogen and oxygen atoms in total. The molecule has 2 aliphatic heterocycles. The number of ether oxygens (including phenoxy) is 1. The molecule has 5 heteroatoms. The van der Waals surface area contributed by atoms with Gasteiger partial charge in [-0.05, 0) is 25.2 Å². The van der Waals surface area contributed by atoms with E-state index in [2.05, 4.69) is 0 Å². The molecule has 1 unspecified atom stereocenters. The fraction of sp³-hybridized carbons (Fsp3) is 0.368. The molecule has 0 spiro atoms. The molecule has 2 aliphatic rings. The number of fused-ring (bicyclic) bond motifs is 1. The van der Waals surface area contributed by atoms with Gasteiger partial charge in [0.2, 0.25) is 0 Å². The van der Waals surface area contributed by atoms with Crippen LogP contribution in [0.1, 0.15) is 30.1 Å². The Bertz CT molecular complexity index is 709. The summed E-state index contributed by atoms with van der Waals surface area (Å²) in [6.45, 7) is 3.08. The van der Waals surface area contributed by atoms with Crippen molar-refractivity contribution in [3.8, 4) is 0 Å². The van der Waals surface area contributed by atoms with Gasteiger partial charge in [-0.2, -0.15) is 0 Å². The maximum atomic E-state index is 13.0. The number of esters is 1. The molecular formula is C19H21NO3S. The van der Waals surface area contributed by atoms with Crippen LogP contribution >= 0.6 is 11.8 Å². The van der Waals surface area contributed by atoms with Crippen molar-refractivity contribution in [2.45, 2.75) is 25.8 Å². The van der Waals surface area contributed by atoms with E-state index in [4.69, 9.17) is 4.74 Å². The summed E-state index contributed by atoms with van der Waals surface area (Å²) in [4.78, 5) is 28.3. The van der Waals surface area contributed by atoms with Crippen molar-refractivity contribution in [1.82, 2.24) is 4.90 Å². The van der Waals surface area contributed by atoms with Crippen molar-refractivity contribution in [3.05, 3.63) is 58.1 Å². The molecule has 126 valence electrons. The van der Waals surface area contributed by atoms with Crippen molar-refractivity contribution in [2.75, 3.05) is 19.4 Å². The Hall–Kier alpha value is -2.01. The first-order chi connectivity index (χ1) is 11.7. The van der Waals surface area contributed by atoms with E-state index in [9.17, 15) is 9.59 Å². The first-order valence-electron chi connectivity index (χ1n) is 8.19. The zero-order valence-electron chi connectivity index (χ0n) is 14.0. The zero-order valence-corrected chi connectivity index (χ0v) is 14.8. The standard InChI is InChI=1S/C19H21NO3S/c1-3-11-23-19(22)14-9-10-20-15(14)12-16(24-2)17(20)18(21)13-7-5-4-6-8-13/h4-8,12,17H,3,9-11H2,1-2H3. The molecule has 0 amide bonds. The van der Waals surface area contributed by atoms with Gasteiger partial charge >= 0.3 is 5.97 Å². The second kappa shape index (κ2) is 7.26. The lowest BCUT2D eigenvalue weighted by Crippen LogP contribution is -2.36. The van der Waals surface area contributed by atoms with Crippen molar-refractivity contribution < 1.29 is 14.3 Å². The number of allylic oxidation sites excluding steroid dienone is 1. The monoisotopic (exact) mass is 343 g/mol. The first kappa shape index (κ1) is 16.8. The molecule has 0 aromatic heterocycles. The van der Waals surface area contributed by atoms with Crippen LogP contribution in [0, 0.1) is 0 Å². The van der Waals surface area contributed by atoms with Gasteiger partial charge in [-0.1, -0.05) is 37.3 Å². The summed E-state index contributed by atoms with van der Waals surface area (Å²) in [5.41, 5.74) is 2.25. The quantitative estimate of drug-likeness (QED) is 0.585. The van der Waals surface area contributed by atoms with Crippen molar-refractivity contribution >= 4 is 23.5 Å². The van der Waals surface area contributed by atoms with Crippen LogP contribution in [-0.2, 0) is 9.53 Å². The first-order valence-corrected chi connectivity index (χ1v) is 9.41. The third-order valence-electron chi connectivity index (χ3n) is 4.31. The van der Waals surface area contributed by atoms with Crippen LogP contribution in [0.15, 0.2) is 52.6 Å². The number of Topliss-reactive ketones (excluding diaryl/α,β-unsaturated/α-hetero) is 1. The third-order valence-corrected chi connectivity index (χ3v) is 5.12. The summed E-state index contributed by atoms with van der Waals surface area (Å²) < 4.78 is 5.29. The second-order valence-corrected chi connectivity index (χ2v) is 6.71. The predicted molar refractivity (Wildman–Crippen MR) is 95.8 cm³/mol. The van der Waals surface area contributed by atoms with Crippen LogP contribution in [0.2, 0.25) is 0 Å². The van der Waals surface area contributed by atoms with E-state index < -0.39 is 0 Å². The van der Waals surface area contributed by atoms with Crippen LogP contribution in [0.4, 0.5) is 0 Å². The lowest BCUT2D eigenvalue weighted by molar-refractivity contribution is -0.139. The maximum Gasteiger partial charge on any atom is 0.336 e.